The van der Waals surface area contributed by atoms with Gasteiger partial charge < -0.3 is 15.8 Å². The zero-order chi connectivity index (χ0) is 16.1. The Kier molecular flexibility index (Phi) is 5.04. The van der Waals surface area contributed by atoms with Gasteiger partial charge in [0, 0.05) is 16.9 Å². The highest BCUT2D eigenvalue weighted by Gasteiger charge is 2.09. The van der Waals surface area contributed by atoms with Crippen LogP contribution >= 0.6 is 0 Å². The third-order valence-corrected chi connectivity index (χ3v) is 3.54. The number of carbonyl (C=O) groups is 1. The number of ether oxygens (including phenoxy) is 1. The van der Waals surface area contributed by atoms with E-state index in [9.17, 15) is 4.79 Å². The van der Waals surface area contributed by atoms with Crippen LogP contribution in [0.5, 0.6) is 5.75 Å². The normalized spacial score (nSPS) is 11.8. The molecule has 0 aliphatic rings. The third-order valence-electron chi connectivity index (χ3n) is 3.54. The number of hydrogen-bond donors (Lipinski definition) is 2. The summed E-state index contributed by atoms with van der Waals surface area (Å²) in [6.07, 6.45) is 1.10. The van der Waals surface area contributed by atoms with Crippen LogP contribution in [0.15, 0.2) is 42.5 Å². The number of carbonyl (C=O) groups excluding carboxylic acids is 1. The Bertz CT molecular complexity index is 651. The van der Waals surface area contributed by atoms with Crippen molar-refractivity contribution in [1.82, 2.24) is 0 Å². The molecule has 22 heavy (non-hydrogen) atoms. The Labute approximate surface area is 131 Å². The minimum absolute atomic E-state index is 0.162. The molecule has 0 fully saturated rings. The molecular formula is C18H22N2O2. The number of nitrogens with two attached hydrogens (primary N) is 1. The van der Waals surface area contributed by atoms with Crippen molar-refractivity contribution in [3.8, 4) is 5.75 Å². The van der Waals surface area contributed by atoms with E-state index in [0.717, 1.165) is 23.4 Å². The second kappa shape index (κ2) is 6.98. The SMILES string of the molecule is CC[C@H](C)Oc1ccc(C(=O)Nc2cc(N)ccc2C)cc1. The summed E-state index contributed by atoms with van der Waals surface area (Å²) in [6, 6.07) is 12.6. The van der Waals surface area contributed by atoms with Crippen molar-refractivity contribution in [1.29, 1.82) is 0 Å². The first kappa shape index (κ1) is 15.9. The molecule has 0 spiro atoms. The summed E-state index contributed by atoms with van der Waals surface area (Å²) in [4.78, 5) is 12.3. The van der Waals surface area contributed by atoms with Gasteiger partial charge in [-0.25, -0.2) is 0 Å². The Morgan fingerprint density at radius 3 is 2.55 bits per heavy atom. The van der Waals surface area contributed by atoms with Gasteiger partial charge in [-0.15, -0.1) is 0 Å². The van der Waals surface area contributed by atoms with Crippen LogP contribution in [-0.2, 0) is 0 Å². The maximum absolute atomic E-state index is 12.3. The van der Waals surface area contributed by atoms with E-state index in [0.29, 0.717) is 11.3 Å². The van der Waals surface area contributed by atoms with Crippen LogP contribution in [0, 0.1) is 6.92 Å². The molecule has 2 aromatic carbocycles. The number of nitrogens with one attached hydrogen (secondary N) is 1. The molecule has 0 radical (unpaired) electrons. The fraction of sp³-hybridized carbons (Fsp3) is 0.278. The van der Waals surface area contributed by atoms with Crippen LogP contribution in [0.4, 0.5) is 11.4 Å². The van der Waals surface area contributed by atoms with Crippen molar-refractivity contribution in [2.24, 2.45) is 0 Å². The van der Waals surface area contributed by atoms with Crippen molar-refractivity contribution in [3.05, 3.63) is 53.6 Å². The van der Waals surface area contributed by atoms with E-state index in [1.54, 1.807) is 18.2 Å². The zero-order valence-corrected chi connectivity index (χ0v) is 13.2. The Hall–Kier alpha value is -2.49. The first-order valence-electron chi connectivity index (χ1n) is 7.43. The van der Waals surface area contributed by atoms with Gasteiger partial charge in [0.2, 0.25) is 0 Å². The van der Waals surface area contributed by atoms with Crippen LogP contribution in [0.3, 0.4) is 0 Å². The van der Waals surface area contributed by atoms with Gasteiger partial charge in [0.25, 0.3) is 5.91 Å². The van der Waals surface area contributed by atoms with Crippen molar-refractivity contribution in [2.45, 2.75) is 33.3 Å². The van der Waals surface area contributed by atoms with Crippen LogP contribution in [0.25, 0.3) is 0 Å². The molecule has 4 nitrogen and oxygen atoms in total. The van der Waals surface area contributed by atoms with Crippen molar-refractivity contribution < 1.29 is 9.53 Å². The van der Waals surface area contributed by atoms with Gasteiger partial charge in [-0.3, -0.25) is 4.79 Å². The average molecular weight is 298 g/mol. The van der Waals surface area contributed by atoms with Crippen molar-refractivity contribution >= 4 is 17.3 Å². The van der Waals surface area contributed by atoms with E-state index in [4.69, 9.17) is 10.5 Å². The molecule has 3 N–H and O–H groups in total. The van der Waals surface area contributed by atoms with E-state index >= 15 is 0 Å². The lowest BCUT2D eigenvalue weighted by molar-refractivity contribution is 0.102. The minimum atomic E-state index is -0.163. The van der Waals surface area contributed by atoms with E-state index in [1.165, 1.54) is 0 Å². The van der Waals surface area contributed by atoms with Crippen molar-refractivity contribution in [3.63, 3.8) is 0 Å². The number of rotatable bonds is 5. The second-order valence-corrected chi connectivity index (χ2v) is 5.39. The Balaban J connectivity index is 2.08. The topological polar surface area (TPSA) is 64.3 Å². The molecule has 0 heterocycles. The molecular weight excluding hydrogens is 276 g/mol. The summed E-state index contributed by atoms with van der Waals surface area (Å²) < 4.78 is 5.70. The summed E-state index contributed by atoms with van der Waals surface area (Å²) in [7, 11) is 0. The number of nitrogen functional groups attached to an aromatic ring is 1. The van der Waals surface area contributed by atoms with E-state index < -0.39 is 0 Å². The number of anilines is 2. The molecule has 0 saturated heterocycles. The Morgan fingerprint density at radius 1 is 1.23 bits per heavy atom. The molecule has 0 saturated carbocycles. The third kappa shape index (κ3) is 4.01. The summed E-state index contributed by atoms with van der Waals surface area (Å²) >= 11 is 0. The molecule has 0 aliphatic carbocycles. The van der Waals surface area contributed by atoms with Gasteiger partial charge in [-0.05, 0) is 62.2 Å². The van der Waals surface area contributed by atoms with E-state index in [-0.39, 0.29) is 12.0 Å². The summed E-state index contributed by atoms with van der Waals surface area (Å²) in [5, 5.41) is 2.88. The lowest BCUT2D eigenvalue weighted by Crippen LogP contribution is -2.13. The molecule has 116 valence electrons. The molecule has 0 bridgehead atoms. The fourth-order valence-corrected chi connectivity index (χ4v) is 1.97. The second-order valence-electron chi connectivity index (χ2n) is 5.39. The molecule has 0 unspecified atom stereocenters. The van der Waals surface area contributed by atoms with Gasteiger partial charge in [-0.1, -0.05) is 13.0 Å². The lowest BCUT2D eigenvalue weighted by Gasteiger charge is -2.13. The standard InChI is InChI=1S/C18H22N2O2/c1-4-13(3)22-16-9-6-14(7-10-16)18(21)20-17-11-15(19)8-5-12(17)2/h5-11,13H,4,19H2,1-3H3,(H,20,21)/t13-/m0/s1. The lowest BCUT2D eigenvalue weighted by atomic mass is 10.1. The van der Waals surface area contributed by atoms with Gasteiger partial charge in [0.1, 0.15) is 5.75 Å². The van der Waals surface area contributed by atoms with Crippen LogP contribution in [-0.4, -0.2) is 12.0 Å². The quantitative estimate of drug-likeness (QED) is 0.820. The number of aryl methyl sites for hydroxylation is 1. The first-order valence-corrected chi connectivity index (χ1v) is 7.43. The first-order chi connectivity index (χ1) is 10.5. The van der Waals surface area contributed by atoms with Gasteiger partial charge in [0.15, 0.2) is 0 Å². The van der Waals surface area contributed by atoms with Gasteiger partial charge >= 0.3 is 0 Å². The Morgan fingerprint density at radius 2 is 1.91 bits per heavy atom. The molecule has 4 heteroatoms. The zero-order valence-electron chi connectivity index (χ0n) is 13.2. The summed E-state index contributed by atoms with van der Waals surface area (Å²) in [5.74, 6) is 0.606. The molecule has 0 aromatic heterocycles. The summed E-state index contributed by atoms with van der Waals surface area (Å²) in [5.41, 5.74) is 8.66. The minimum Gasteiger partial charge on any atom is -0.491 e. The predicted octanol–water partition coefficient (Wildman–Crippen LogP) is 4.01. The summed E-state index contributed by atoms with van der Waals surface area (Å²) in [6.45, 7) is 6.02. The number of hydrogen-bond acceptors (Lipinski definition) is 3. The molecule has 1 amide bonds. The monoisotopic (exact) mass is 298 g/mol. The number of amides is 1. The van der Waals surface area contributed by atoms with E-state index in [2.05, 4.69) is 12.2 Å². The maximum atomic E-state index is 12.3. The highest BCUT2D eigenvalue weighted by Crippen LogP contribution is 2.20. The van der Waals surface area contributed by atoms with Crippen LogP contribution in [0.2, 0.25) is 0 Å². The molecule has 1 atom stereocenters. The highest BCUT2D eigenvalue weighted by atomic mass is 16.5. The fourth-order valence-electron chi connectivity index (χ4n) is 1.97. The average Bonchev–Trinajstić information content (AvgIpc) is 2.51. The molecule has 2 rings (SSSR count). The van der Waals surface area contributed by atoms with E-state index in [1.807, 2.05) is 38.1 Å². The smallest absolute Gasteiger partial charge is 0.255 e. The van der Waals surface area contributed by atoms with Crippen LogP contribution in [0.1, 0.15) is 36.2 Å². The maximum Gasteiger partial charge on any atom is 0.255 e. The van der Waals surface area contributed by atoms with Crippen molar-refractivity contribution in [2.75, 3.05) is 11.1 Å². The molecule has 0 aliphatic heterocycles. The van der Waals surface area contributed by atoms with Gasteiger partial charge in [0.05, 0.1) is 6.10 Å². The van der Waals surface area contributed by atoms with Gasteiger partial charge in [-0.2, -0.15) is 0 Å². The van der Waals surface area contributed by atoms with Crippen LogP contribution < -0.4 is 15.8 Å². The number of benzene rings is 2. The predicted molar refractivity (Wildman–Crippen MR) is 90.4 cm³/mol. The molecule has 2 aromatic rings. The highest BCUT2D eigenvalue weighted by molar-refractivity contribution is 6.04. The largest absolute Gasteiger partial charge is 0.491 e.